The van der Waals surface area contributed by atoms with E-state index in [-0.39, 0.29) is 11.7 Å². The van der Waals surface area contributed by atoms with Crippen LogP contribution >= 0.6 is 11.6 Å². The third-order valence-electron chi connectivity index (χ3n) is 5.87. The van der Waals surface area contributed by atoms with E-state index in [4.69, 9.17) is 23.1 Å². The number of imide groups is 1. The fourth-order valence-electron chi connectivity index (χ4n) is 4.21. The van der Waals surface area contributed by atoms with Crippen LogP contribution in [-0.4, -0.2) is 45.7 Å². The summed E-state index contributed by atoms with van der Waals surface area (Å²) in [5.41, 5.74) is 14.2. The fraction of sp³-hybridized carbons (Fsp3) is 0.263. The van der Waals surface area contributed by atoms with Gasteiger partial charge in [0.05, 0.1) is 11.2 Å². The number of amides is 3. The molecule has 5 rings (SSSR count). The highest BCUT2D eigenvalue weighted by atomic mass is 35.5. The lowest BCUT2D eigenvalue weighted by Gasteiger charge is -2.39. The van der Waals surface area contributed by atoms with Gasteiger partial charge in [-0.05, 0) is 30.5 Å². The smallest absolute Gasteiger partial charge is 0.322 e. The summed E-state index contributed by atoms with van der Waals surface area (Å²) in [6.45, 7) is 1.03. The summed E-state index contributed by atoms with van der Waals surface area (Å²) in [7, 11) is 0. The summed E-state index contributed by atoms with van der Waals surface area (Å²) in [6, 6.07) is 5.30. The molecule has 2 fully saturated rings. The molecule has 0 aliphatic carbocycles. The second-order valence-corrected chi connectivity index (χ2v) is 7.94. The van der Waals surface area contributed by atoms with E-state index >= 15 is 0 Å². The number of nitrogen functional groups attached to an aromatic ring is 2. The van der Waals surface area contributed by atoms with E-state index in [1.165, 1.54) is 0 Å². The Bertz CT molecular complexity index is 1200. The largest absolute Gasteiger partial charge is 0.382 e. The second-order valence-electron chi connectivity index (χ2n) is 7.57. The molecule has 0 bridgehead atoms. The molecule has 10 nitrogen and oxygen atoms in total. The first kappa shape index (κ1) is 18.5. The van der Waals surface area contributed by atoms with Crippen molar-refractivity contribution in [2.24, 2.45) is 0 Å². The number of anilines is 3. The van der Waals surface area contributed by atoms with Gasteiger partial charge in [-0.3, -0.25) is 15.2 Å². The number of halogens is 1. The number of carbonyl (C=O) groups is 2. The third kappa shape index (κ3) is 2.71. The molecule has 0 radical (unpaired) electrons. The maximum absolute atomic E-state index is 12.3. The molecule has 7 N–H and O–H groups in total. The number of benzene rings is 1. The number of aromatic amines is 1. The van der Waals surface area contributed by atoms with Crippen LogP contribution in [0.15, 0.2) is 24.4 Å². The number of pyridine rings is 1. The molecule has 0 atom stereocenters. The normalized spacial score (nSPS) is 18.1. The Labute approximate surface area is 175 Å². The van der Waals surface area contributed by atoms with Gasteiger partial charge in [0.25, 0.3) is 5.91 Å². The number of urea groups is 1. The van der Waals surface area contributed by atoms with E-state index in [1.54, 1.807) is 6.20 Å². The lowest BCUT2D eigenvalue weighted by atomic mass is 9.87. The SMILES string of the molecule is Nc1ncc(-c2ccc3c(N)n[nH]c3c2)c(N2CCC3(CC2)NC(=O)NC3=O)c1Cl. The third-order valence-corrected chi connectivity index (χ3v) is 6.24. The Kier molecular flexibility index (Phi) is 4.00. The van der Waals surface area contributed by atoms with E-state index in [2.05, 4.69) is 30.7 Å². The molecule has 154 valence electrons. The number of nitrogens with one attached hydrogen (secondary N) is 3. The maximum atomic E-state index is 12.3. The van der Waals surface area contributed by atoms with Crippen LogP contribution in [0.3, 0.4) is 0 Å². The molecule has 2 saturated heterocycles. The number of hydrogen-bond donors (Lipinski definition) is 5. The van der Waals surface area contributed by atoms with Gasteiger partial charge in [0, 0.05) is 30.2 Å². The molecule has 4 heterocycles. The minimum Gasteiger partial charge on any atom is -0.382 e. The van der Waals surface area contributed by atoms with Crippen molar-refractivity contribution in [1.29, 1.82) is 0 Å². The zero-order valence-electron chi connectivity index (χ0n) is 15.8. The second kappa shape index (κ2) is 6.49. The highest BCUT2D eigenvalue weighted by molar-refractivity contribution is 6.36. The van der Waals surface area contributed by atoms with E-state index in [0.29, 0.717) is 36.8 Å². The van der Waals surface area contributed by atoms with Crippen molar-refractivity contribution in [2.75, 3.05) is 29.5 Å². The quantitative estimate of drug-likeness (QED) is 0.390. The Balaban J connectivity index is 1.53. The van der Waals surface area contributed by atoms with Crippen molar-refractivity contribution in [2.45, 2.75) is 18.4 Å². The molecule has 30 heavy (non-hydrogen) atoms. The van der Waals surface area contributed by atoms with Gasteiger partial charge in [0.1, 0.15) is 16.4 Å². The van der Waals surface area contributed by atoms with Gasteiger partial charge in [0.15, 0.2) is 5.82 Å². The number of nitrogens with two attached hydrogens (primary N) is 2. The number of aromatic nitrogens is 3. The average molecular weight is 427 g/mol. The molecular formula is C19H19ClN8O2. The topological polar surface area (TPSA) is 155 Å². The number of carbonyl (C=O) groups excluding carboxylic acids is 2. The van der Waals surface area contributed by atoms with Crippen molar-refractivity contribution in [1.82, 2.24) is 25.8 Å². The first-order valence-electron chi connectivity index (χ1n) is 9.44. The zero-order valence-corrected chi connectivity index (χ0v) is 16.6. The number of piperidine rings is 1. The molecule has 0 saturated carbocycles. The Hall–Kier alpha value is -3.53. The lowest BCUT2D eigenvalue weighted by molar-refractivity contribution is -0.124. The van der Waals surface area contributed by atoms with Gasteiger partial charge < -0.3 is 21.7 Å². The summed E-state index contributed by atoms with van der Waals surface area (Å²) in [4.78, 5) is 30.2. The number of nitrogens with zero attached hydrogens (tertiary/aromatic N) is 3. The average Bonchev–Trinajstić information content (AvgIpc) is 3.23. The molecule has 1 spiro atoms. The molecule has 11 heteroatoms. The van der Waals surface area contributed by atoms with Crippen LogP contribution < -0.4 is 27.0 Å². The Morgan fingerprint density at radius 2 is 1.90 bits per heavy atom. The van der Waals surface area contributed by atoms with Crippen molar-refractivity contribution in [3.8, 4) is 11.1 Å². The van der Waals surface area contributed by atoms with Crippen LogP contribution in [0.5, 0.6) is 0 Å². The predicted molar refractivity (Wildman–Crippen MR) is 114 cm³/mol. The number of fused-ring (bicyclic) bond motifs is 1. The molecule has 0 unspecified atom stereocenters. The predicted octanol–water partition coefficient (Wildman–Crippen LogP) is 1.62. The first-order chi connectivity index (χ1) is 14.4. The number of rotatable bonds is 2. The maximum Gasteiger partial charge on any atom is 0.322 e. The van der Waals surface area contributed by atoms with Crippen LogP contribution in [0.2, 0.25) is 5.02 Å². The van der Waals surface area contributed by atoms with Gasteiger partial charge in [-0.1, -0.05) is 17.7 Å². The van der Waals surface area contributed by atoms with Crippen molar-refractivity contribution < 1.29 is 9.59 Å². The zero-order chi connectivity index (χ0) is 21.0. The molecular weight excluding hydrogens is 408 g/mol. The van der Waals surface area contributed by atoms with Crippen LogP contribution in [-0.2, 0) is 4.79 Å². The minimum absolute atomic E-state index is 0.231. The summed E-state index contributed by atoms with van der Waals surface area (Å²) in [6.07, 6.45) is 2.60. The first-order valence-corrected chi connectivity index (χ1v) is 9.82. The van der Waals surface area contributed by atoms with Crippen LogP contribution in [0, 0.1) is 0 Å². The minimum atomic E-state index is -0.870. The Morgan fingerprint density at radius 1 is 1.13 bits per heavy atom. The number of hydrogen-bond acceptors (Lipinski definition) is 7. The fourth-order valence-corrected chi connectivity index (χ4v) is 4.48. The van der Waals surface area contributed by atoms with Gasteiger partial charge in [-0.15, -0.1) is 0 Å². The molecule has 1 aromatic carbocycles. The van der Waals surface area contributed by atoms with Crippen LogP contribution in [0.4, 0.5) is 22.1 Å². The van der Waals surface area contributed by atoms with Crippen LogP contribution in [0.25, 0.3) is 22.0 Å². The highest BCUT2D eigenvalue weighted by Crippen LogP contribution is 2.42. The van der Waals surface area contributed by atoms with Crippen molar-refractivity contribution in [3.05, 3.63) is 29.4 Å². The van der Waals surface area contributed by atoms with Crippen molar-refractivity contribution in [3.63, 3.8) is 0 Å². The lowest BCUT2D eigenvalue weighted by Crippen LogP contribution is -2.55. The summed E-state index contributed by atoms with van der Waals surface area (Å²) in [5.74, 6) is 0.382. The van der Waals surface area contributed by atoms with Crippen molar-refractivity contribution >= 4 is 51.8 Å². The van der Waals surface area contributed by atoms with Gasteiger partial charge in [-0.2, -0.15) is 5.10 Å². The summed E-state index contributed by atoms with van der Waals surface area (Å²) in [5, 5.41) is 13.2. The van der Waals surface area contributed by atoms with Gasteiger partial charge in [-0.25, -0.2) is 9.78 Å². The molecule has 2 aliphatic rings. The van der Waals surface area contributed by atoms with E-state index in [0.717, 1.165) is 27.7 Å². The van der Waals surface area contributed by atoms with E-state index in [9.17, 15) is 9.59 Å². The molecule has 2 aliphatic heterocycles. The summed E-state index contributed by atoms with van der Waals surface area (Å²) < 4.78 is 0. The summed E-state index contributed by atoms with van der Waals surface area (Å²) >= 11 is 6.59. The Morgan fingerprint density at radius 3 is 2.60 bits per heavy atom. The molecule has 3 amide bonds. The van der Waals surface area contributed by atoms with Gasteiger partial charge in [0.2, 0.25) is 0 Å². The number of H-pyrrole nitrogens is 1. The monoisotopic (exact) mass is 426 g/mol. The highest BCUT2D eigenvalue weighted by Gasteiger charge is 2.48. The standard InChI is InChI=1S/C19H19ClN8O2/c20-13-14(28-5-3-19(4-6-28)17(29)24-18(30)25-19)11(8-23-16(13)22)9-1-2-10-12(7-9)26-27-15(10)21/h1-2,7-8H,3-6H2,(H2,22,23)(H3,21,26,27)(H2,24,25,29,30). The van der Waals surface area contributed by atoms with E-state index < -0.39 is 11.6 Å². The van der Waals surface area contributed by atoms with E-state index in [1.807, 2.05) is 18.2 Å². The van der Waals surface area contributed by atoms with Gasteiger partial charge >= 0.3 is 6.03 Å². The molecule has 2 aromatic heterocycles. The molecule has 3 aromatic rings. The van der Waals surface area contributed by atoms with Crippen LogP contribution in [0.1, 0.15) is 12.8 Å².